The van der Waals surface area contributed by atoms with Gasteiger partial charge in [-0.1, -0.05) is 38.5 Å². The van der Waals surface area contributed by atoms with Crippen molar-refractivity contribution in [1.82, 2.24) is 14.8 Å². The van der Waals surface area contributed by atoms with Crippen LogP contribution >= 0.6 is 0 Å². The minimum absolute atomic E-state index is 0.209. The normalized spacial score (nSPS) is 12.3. The quantitative estimate of drug-likeness (QED) is 0.429. The number of fused-ring (bicyclic) bond motifs is 1. The van der Waals surface area contributed by atoms with Gasteiger partial charge in [0.2, 0.25) is 5.89 Å². The average molecular weight is 442 g/mol. The van der Waals surface area contributed by atoms with Crippen LogP contribution in [0.4, 0.5) is 18.9 Å². The highest BCUT2D eigenvalue weighted by atomic mass is 19.4. The summed E-state index contributed by atoms with van der Waals surface area (Å²) in [4.78, 5) is 17.2. The zero-order valence-corrected chi connectivity index (χ0v) is 17.9. The van der Waals surface area contributed by atoms with Gasteiger partial charge in [-0.15, -0.1) is 0 Å². The van der Waals surface area contributed by atoms with Gasteiger partial charge >= 0.3 is 6.18 Å². The predicted molar refractivity (Wildman–Crippen MR) is 114 cm³/mol. The van der Waals surface area contributed by atoms with Crippen LogP contribution in [0.2, 0.25) is 0 Å². The first-order valence-electron chi connectivity index (χ1n) is 9.88. The molecule has 4 aromatic rings. The number of alkyl halides is 3. The number of hydrogen-bond donors (Lipinski definition) is 1. The Hall–Kier alpha value is -3.62. The molecule has 0 saturated carbocycles. The average Bonchev–Trinajstić information content (AvgIpc) is 3.32. The van der Waals surface area contributed by atoms with Crippen molar-refractivity contribution in [3.05, 3.63) is 71.4 Å². The molecule has 9 heteroatoms. The molecule has 2 aromatic heterocycles. The van der Waals surface area contributed by atoms with Crippen molar-refractivity contribution in [3.63, 3.8) is 0 Å². The molecule has 0 spiro atoms. The number of nitrogens with one attached hydrogen (secondary N) is 1. The molecule has 0 saturated heterocycles. The highest BCUT2D eigenvalue weighted by molar-refractivity contribution is 6.05. The summed E-state index contributed by atoms with van der Waals surface area (Å²) < 4.78 is 48.0. The lowest BCUT2D eigenvalue weighted by Gasteiger charge is -2.13. The number of anilines is 1. The number of amides is 1. The molecule has 2 aromatic carbocycles. The maximum Gasteiger partial charge on any atom is 0.434 e. The van der Waals surface area contributed by atoms with Gasteiger partial charge in [0.25, 0.3) is 5.91 Å². The van der Waals surface area contributed by atoms with E-state index in [4.69, 9.17) is 4.42 Å². The molecule has 6 nitrogen and oxygen atoms in total. The van der Waals surface area contributed by atoms with Gasteiger partial charge in [0.05, 0.1) is 17.4 Å². The van der Waals surface area contributed by atoms with E-state index in [-0.39, 0.29) is 11.1 Å². The zero-order chi connectivity index (χ0) is 23.3. The fourth-order valence-electron chi connectivity index (χ4n) is 3.19. The maximum atomic E-state index is 13.9. The first-order chi connectivity index (χ1) is 14.9. The van der Waals surface area contributed by atoms with Crippen LogP contribution in [0.15, 0.2) is 53.1 Å². The molecule has 1 N–H and O–H groups in total. The third-order valence-electron chi connectivity index (χ3n) is 4.85. The Balaban J connectivity index is 1.68. The topological polar surface area (TPSA) is 73.0 Å². The number of oxazole rings is 1. The van der Waals surface area contributed by atoms with Crippen LogP contribution in [0, 0.1) is 6.92 Å². The SMILES string of the molecule is Cc1ccc(-n2ncc(C(=O)Nc3ccc4oc(C(C)(C)C)nc4c3)c2C(F)(F)F)cc1. The van der Waals surface area contributed by atoms with E-state index in [1.807, 2.05) is 27.7 Å². The molecule has 4 rings (SSSR count). The van der Waals surface area contributed by atoms with E-state index in [0.717, 1.165) is 16.4 Å². The lowest BCUT2D eigenvalue weighted by molar-refractivity contribution is -0.143. The Kier molecular flexibility index (Phi) is 5.07. The van der Waals surface area contributed by atoms with Crippen molar-refractivity contribution >= 4 is 22.7 Å². The van der Waals surface area contributed by atoms with Gasteiger partial charge in [0.1, 0.15) is 5.52 Å². The minimum atomic E-state index is -4.79. The second-order valence-corrected chi connectivity index (χ2v) is 8.56. The van der Waals surface area contributed by atoms with Crippen molar-refractivity contribution in [3.8, 4) is 5.69 Å². The molecule has 0 aliphatic rings. The molecule has 1 amide bonds. The number of benzene rings is 2. The van der Waals surface area contributed by atoms with Crippen LogP contribution in [0.5, 0.6) is 0 Å². The van der Waals surface area contributed by atoms with E-state index in [0.29, 0.717) is 22.7 Å². The Morgan fingerprint density at radius 1 is 1.06 bits per heavy atom. The molecule has 32 heavy (non-hydrogen) atoms. The molecule has 0 fully saturated rings. The molecule has 166 valence electrons. The van der Waals surface area contributed by atoms with Crippen LogP contribution in [-0.2, 0) is 11.6 Å². The maximum absolute atomic E-state index is 13.9. The molecule has 0 aliphatic heterocycles. The lowest BCUT2D eigenvalue weighted by Crippen LogP contribution is -2.20. The van der Waals surface area contributed by atoms with Gasteiger partial charge in [-0.3, -0.25) is 4.79 Å². The van der Waals surface area contributed by atoms with Gasteiger partial charge < -0.3 is 9.73 Å². The van der Waals surface area contributed by atoms with Crippen LogP contribution in [0.25, 0.3) is 16.8 Å². The summed E-state index contributed by atoms with van der Waals surface area (Å²) in [6.07, 6.45) is -3.86. The summed E-state index contributed by atoms with van der Waals surface area (Å²) in [5, 5.41) is 6.34. The largest absolute Gasteiger partial charge is 0.440 e. The van der Waals surface area contributed by atoms with Gasteiger partial charge in [-0.25, -0.2) is 9.67 Å². The van der Waals surface area contributed by atoms with Gasteiger partial charge in [0.15, 0.2) is 11.3 Å². The number of halogens is 3. The Bertz CT molecular complexity index is 1300. The minimum Gasteiger partial charge on any atom is -0.440 e. The summed E-state index contributed by atoms with van der Waals surface area (Å²) in [5.41, 5.74) is 0.396. The Labute approximate surface area is 182 Å². The fourth-order valence-corrected chi connectivity index (χ4v) is 3.19. The number of nitrogens with zero attached hydrogens (tertiary/aromatic N) is 3. The van der Waals surface area contributed by atoms with Crippen molar-refractivity contribution < 1.29 is 22.4 Å². The number of rotatable bonds is 3. The monoisotopic (exact) mass is 442 g/mol. The summed E-state index contributed by atoms with van der Waals surface area (Å²) in [6, 6.07) is 11.1. The van der Waals surface area contributed by atoms with Crippen LogP contribution in [0.1, 0.15) is 48.3 Å². The molecule has 0 radical (unpaired) electrons. The van der Waals surface area contributed by atoms with Crippen LogP contribution in [-0.4, -0.2) is 20.7 Å². The highest BCUT2D eigenvalue weighted by Gasteiger charge is 2.40. The zero-order valence-electron chi connectivity index (χ0n) is 17.9. The van der Waals surface area contributed by atoms with Crippen molar-refractivity contribution in [1.29, 1.82) is 0 Å². The second-order valence-electron chi connectivity index (χ2n) is 8.56. The number of carbonyl (C=O) groups excluding carboxylic acids is 1. The highest BCUT2D eigenvalue weighted by Crippen LogP contribution is 2.34. The molecule has 0 atom stereocenters. The molecule has 0 bridgehead atoms. The third-order valence-corrected chi connectivity index (χ3v) is 4.85. The fraction of sp³-hybridized carbons (Fsp3) is 0.261. The van der Waals surface area contributed by atoms with E-state index in [1.54, 1.807) is 30.3 Å². The Morgan fingerprint density at radius 3 is 2.38 bits per heavy atom. The first kappa shape index (κ1) is 21.6. The molecular weight excluding hydrogens is 421 g/mol. The number of hydrogen-bond acceptors (Lipinski definition) is 4. The van der Waals surface area contributed by atoms with Crippen molar-refractivity contribution in [2.45, 2.75) is 39.3 Å². The van der Waals surface area contributed by atoms with Gasteiger partial charge in [-0.2, -0.15) is 18.3 Å². The third kappa shape index (κ3) is 4.10. The van der Waals surface area contributed by atoms with E-state index < -0.39 is 23.3 Å². The van der Waals surface area contributed by atoms with Crippen LogP contribution in [0.3, 0.4) is 0 Å². The van der Waals surface area contributed by atoms with Crippen molar-refractivity contribution in [2.75, 3.05) is 5.32 Å². The molecular formula is C23H21F3N4O2. The molecule has 2 heterocycles. The predicted octanol–water partition coefficient (Wildman–Crippen LogP) is 5.89. The Morgan fingerprint density at radius 2 is 1.75 bits per heavy atom. The standard InChI is InChI=1S/C23H21F3N4O2/c1-13-5-8-15(9-6-13)30-19(23(24,25)26)16(12-27-30)20(31)28-14-7-10-18-17(11-14)29-21(32-18)22(2,3)4/h5-12H,1-4H3,(H,28,31). The van der Waals surface area contributed by atoms with Gasteiger partial charge in [0, 0.05) is 11.1 Å². The second kappa shape index (κ2) is 7.51. The van der Waals surface area contributed by atoms with Gasteiger partial charge in [-0.05, 0) is 37.3 Å². The van der Waals surface area contributed by atoms with E-state index in [9.17, 15) is 18.0 Å². The molecule has 0 unspecified atom stereocenters. The molecule has 0 aliphatic carbocycles. The first-order valence-corrected chi connectivity index (χ1v) is 9.88. The van der Waals surface area contributed by atoms with Crippen LogP contribution < -0.4 is 5.32 Å². The summed E-state index contributed by atoms with van der Waals surface area (Å²) in [7, 11) is 0. The smallest absolute Gasteiger partial charge is 0.434 e. The van der Waals surface area contributed by atoms with Crippen molar-refractivity contribution in [2.24, 2.45) is 0 Å². The summed E-state index contributed by atoms with van der Waals surface area (Å²) in [6.45, 7) is 7.67. The number of carbonyl (C=O) groups is 1. The van der Waals surface area contributed by atoms with E-state index in [1.165, 1.54) is 12.1 Å². The van der Waals surface area contributed by atoms with E-state index in [2.05, 4.69) is 15.4 Å². The lowest BCUT2D eigenvalue weighted by atomic mass is 9.97. The summed E-state index contributed by atoms with van der Waals surface area (Å²) in [5.74, 6) is -0.399. The summed E-state index contributed by atoms with van der Waals surface area (Å²) >= 11 is 0. The number of aromatic nitrogens is 3. The van der Waals surface area contributed by atoms with E-state index >= 15 is 0 Å². The number of aryl methyl sites for hydroxylation is 1.